The van der Waals surface area contributed by atoms with Crippen molar-refractivity contribution >= 4 is 5.91 Å². The van der Waals surface area contributed by atoms with Gasteiger partial charge in [-0.1, -0.05) is 12.1 Å². The molecule has 0 aromatic heterocycles. The summed E-state index contributed by atoms with van der Waals surface area (Å²) < 4.78 is 101. The Bertz CT molecular complexity index is 1250. The van der Waals surface area contributed by atoms with Gasteiger partial charge in [0.25, 0.3) is 0 Å². The summed E-state index contributed by atoms with van der Waals surface area (Å²) in [5, 5.41) is 9.92. The first-order valence-electron chi connectivity index (χ1n) is 13.5. The van der Waals surface area contributed by atoms with Crippen LogP contribution in [0.1, 0.15) is 61.0 Å². The SMILES string of the molecule is C[C@@H](O[C@H]1CN2C(=O)C(C)(CN3CC[C@@H](O)C3)C[C@H]2C1c1ccc(F)cc1)c1cc(C(F)(F)F)cc(C(F)(F)F)c1. The first-order valence-corrected chi connectivity index (χ1v) is 13.5. The van der Waals surface area contributed by atoms with Crippen molar-refractivity contribution in [2.45, 2.75) is 69.3 Å². The number of halogens is 7. The smallest absolute Gasteiger partial charge is 0.392 e. The van der Waals surface area contributed by atoms with Gasteiger partial charge >= 0.3 is 12.4 Å². The lowest BCUT2D eigenvalue weighted by Gasteiger charge is -2.31. The summed E-state index contributed by atoms with van der Waals surface area (Å²) in [6.07, 6.45) is -11.3. The Kier molecular flexibility index (Phi) is 7.65. The Hall–Kier alpha value is -2.70. The van der Waals surface area contributed by atoms with Crippen LogP contribution in [-0.4, -0.2) is 65.2 Å². The van der Waals surface area contributed by atoms with Crippen molar-refractivity contribution in [3.05, 3.63) is 70.5 Å². The highest BCUT2D eigenvalue weighted by molar-refractivity contribution is 5.86. The number of carbonyl (C=O) groups excluding carboxylic acids is 1. The molecule has 12 heteroatoms. The third kappa shape index (κ3) is 5.96. The maximum absolute atomic E-state index is 13.8. The van der Waals surface area contributed by atoms with Crippen LogP contribution in [0.5, 0.6) is 0 Å². The summed E-state index contributed by atoms with van der Waals surface area (Å²) in [5.41, 5.74) is -3.26. The van der Waals surface area contributed by atoms with Crippen molar-refractivity contribution in [3.63, 3.8) is 0 Å². The van der Waals surface area contributed by atoms with Crippen LogP contribution in [0.15, 0.2) is 42.5 Å². The monoisotopic (exact) mass is 588 g/mol. The minimum absolute atomic E-state index is 0.0715. The van der Waals surface area contributed by atoms with Crippen LogP contribution in [0.4, 0.5) is 30.7 Å². The maximum atomic E-state index is 13.8. The second-order valence-corrected chi connectivity index (χ2v) is 11.7. The average molecular weight is 589 g/mol. The number of amides is 1. The zero-order chi connectivity index (χ0) is 29.9. The van der Waals surface area contributed by atoms with Gasteiger partial charge in [0, 0.05) is 38.1 Å². The van der Waals surface area contributed by atoms with Crippen LogP contribution in [0.25, 0.3) is 0 Å². The quantitative estimate of drug-likeness (QED) is 0.435. The summed E-state index contributed by atoms with van der Waals surface area (Å²) in [4.78, 5) is 17.4. The summed E-state index contributed by atoms with van der Waals surface area (Å²) >= 11 is 0. The maximum Gasteiger partial charge on any atom is 0.416 e. The van der Waals surface area contributed by atoms with Crippen LogP contribution in [0.3, 0.4) is 0 Å². The lowest BCUT2D eigenvalue weighted by atomic mass is 9.80. The van der Waals surface area contributed by atoms with Crippen molar-refractivity contribution in [1.29, 1.82) is 0 Å². The third-order valence-corrected chi connectivity index (χ3v) is 8.56. The van der Waals surface area contributed by atoms with Gasteiger partial charge in [0.1, 0.15) is 5.82 Å². The predicted octanol–water partition coefficient (Wildman–Crippen LogP) is 5.78. The molecule has 0 aliphatic carbocycles. The number of aliphatic hydroxyl groups is 1. The Balaban J connectivity index is 1.44. The fraction of sp³-hybridized carbons (Fsp3) is 0.552. The minimum Gasteiger partial charge on any atom is -0.392 e. The van der Waals surface area contributed by atoms with E-state index in [1.165, 1.54) is 19.1 Å². The molecule has 2 aromatic rings. The fourth-order valence-corrected chi connectivity index (χ4v) is 6.64. The van der Waals surface area contributed by atoms with E-state index in [2.05, 4.69) is 0 Å². The highest BCUT2D eigenvalue weighted by Gasteiger charge is 2.58. The molecule has 2 aromatic carbocycles. The second kappa shape index (κ2) is 10.5. The van der Waals surface area contributed by atoms with Gasteiger partial charge in [-0.2, -0.15) is 26.3 Å². The minimum atomic E-state index is -5.00. The average Bonchev–Trinajstić information content (AvgIpc) is 3.51. The number of hydrogen-bond acceptors (Lipinski definition) is 4. The molecule has 5 nitrogen and oxygen atoms in total. The molecule has 224 valence electrons. The molecule has 3 saturated heterocycles. The first-order chi connectivity index (χ1) is 19.0. The van der Waals surface area contributed by atoms with Crippen molar-refractivity contribution in [2.75, 3.05) is 26.2 Å². The largest absolute Gasteiger partial charge is 0.416 e. The molecule has 1 N–H and O–H groups in total. The molecule has 5 rings (SSSR count). The third-order valence-electron chi connectivity index (χ3n) is 8.56. The molecule has 0 radical (unpaired) electrons. The molecule has 41 heavy (non-hydrogen) atoms. The molecule has 2 unspecified atom stereocenters. The highest BCUT2D eigenvalue weighted by Crippen LogP contribution is 2.49. The molecule has 0 saturated carbocycles. The predicted molar refractivity (Wildman–Crippen MR) is 134 cm³/mol. The number of rotatable bonds is 6. The van der Waals surface area contributed by atoms with Crippen LogP contribution in [0, 0.1) is 11.2 Å². The topological polar surface area (TPSA) is 53.0 Å². The zero-order valence-electron chi connectivity index (χ0n) is 22.5. The van der Waals surface area contributed by atoms with E-state index in [9.17, 15) is 40.6 Å². The molecular weight excluding hydrogens is 557 g/mol. The molecule has 3 heterocycles. The number of likely N-dealkylation sites (tertiary alicyclic amines) is 1. The Labute approximate surface area is 232 Å². The van der Waals surface area contributed by atoms with E-state index in [-0.39, 0.29) is 30.1 Å². The number of β-amino-alcohol motifs (C(OH)–C–C–N with tert-alkyl or cyclic N) is 1. The zero-order valence-corrected chi connectivity index (χ0v) is 22.5. The van der Waals surface area contributed by atoms with E-state index in [4.69, 9.17) is 4.74 Å². The van der Waals surface area contributed by atoms with Crippen LogP contribution < -0.4 is 0 Å². The van der Waals surface area contributed by atoms with Crippen molar-refractivity contribution in [3.8, 4) is 0 Å². The van der Waals surface area contributed by atoms with Gasteiger partial charge in [0.2, 0.25) is 5.91 Å². The van der Waals surface area contributed by atoms with Crippen LogP contribution in [-0.2, 0) is 21.9 Å². The van der Waals surface area contributed by atoms with Gasteiger partial charge < -0.3 is 14.7 Å². The van der Waals surface area contributed by atoms with E-state index >= 15 is 0 Å². The normalized spacial score (nSPS) is 29.8. The van der Waals surface area contributed by atoms with Gasteiger partial charge in [0.15, 0.2) is 0 Å². The number of aliphatic hydroxyl groups excluding tert-OH is 1. The molecule has 3 aliphatic heterocycles. The fourth-order valence-electron chi connectivity index (χ4n) is 6.64. The summed E-state index contributed by atoms with van der Waals surface area (Å²) in [5.74, 6) is -1.09. The molecule has 0 spiro atoms. The Morgan fingerprint density at radius 3 is 2.17 bits per heavy atom. The van der Waals surface area contributed by atoms with Crippen molar-refractivity contribution in [1.82, 2.24) is 9.80 Å². The Morgan fingerprint density at radius 1 is 1.02 bits per heavy atom. The number of alkyl halides is 6. The van der Waals surface area contributed by atoms with Crippen LogP contribution >= 0.6 is 0 Å². The molecule has 3 aliphatic rings. The Morgan fingerprint density at radius 2 is 1.63 bits per heavy atom. The lowest BCUT2D eigenvalue weighted by Crippen LogP contribution is -2.42. The van der Waals surface area contributed by atoms with E-state index in [1.807, 2.05) is 11.8 Å². The van der Waals surface area contributed by atoms with Crippen LogP contribution in [0.2, 0.25) is 0 Å². The molecule has 0 bridgehead atoms. The summed E-state index contributed by atoms with van der Waals surface area (Å²) in [6.45, 7) is 4.90. The number of ether oxygens (including phenoxy) is 1. The van der Waals surface area contributed by atoms with Gasteiger partial charge in [-0.15, -0.1) is 0 Å². The molecule has 6 atom stereocenters. The van der Waals surface area contributed by atoms with Gasteiger partial charge in [0.05, 0.1) is 34.9 Å². The van der Waals surface area contributed by atoms with E-state index in [0.717, 1.165) is 0 Å². The number of carbonyl (C=O) groups is 1. The summed E-state index contributed by atoms with van der Waals surface area (Å²) in [7, 11) is 0. The molecule has 1 amide bonds. The molecular formula is C29H31F7N2O3. The highest BCUT2D eigenvalue weighted by atomic mass is 19.4. The molecule has 3 fully saturated rings. The van der Waals surface area contributed by atoms with Crippen molar-refractivity contribution < 1.29 is 45.4 Å². The standard InChI is InChI=1S/C29H31F7N2O3/c1-16(18-9-19(28(31,32)33)11-20(10-18)29(34,35)36)41-24-14-38-23(25(24)17-3-5-21(30)6-4-17)12-27(2,26(38)40)15-37-8-7-22(39)13-37/h3-6,9-11,16,22-25,39H,7-8,12-15H2,1-2H3/t16-,22-,23+,24+,25?,27?/m1/s1. The summed E-state index contributed by atoms with van der Waals surface area (Å²) in [6, 6.07) is 6.66. The number of hydrogen-bond donors (Lipinski definition) is 1. The first kappa shape index (κ1) is 29.8. The van der Waals surface area contributed by atoms with Gasteiger partial charge in [-0.05, 0) is 68.1 Å². The van der Waals surface area contributed by atoms with E-state index < -0.39 is 58.9 Å². The van der Waals surface area contributed by atoms with Gasteiger partial charge in [-0.3, -0.25) is 9.69 Å². The van der Waals surface area contributed by atoms with Crippen molar-refractivity contribution in [2.24, 2.45) is 5.41 Å². The van der Waals surface area contributed by atoms with E-state index in [0.29, 0.717) is 50.2 Å². The number of fused-ring (bicyclic) bond motifs is 1. The number of nitrogens with zero attached hydrogens (tertiary/aromatic N) is 2. The van der Waals surface area contributed by atoms with Gasteiger partial charge in [-0.25, -0.2) is 4.39 Å². The lowest BCUT2D eigenvalue weighted by molar-refractivity contribution is -0.143. The second-order valence-electron chi connectivity index (χ2n) is 11.7. The number of benzene rings is 2. The van der Waals surface area contributed by atoms with E-state index in [1.54, 1.807) is 17.0 Å².